The highest BCUT2D eigenvalue weighted by atomic mass is 16.6. The summed E-state index contributed by atoms with van der Waals surface area (Å²) >= 11 is 0. The molecule has 2 aliphatic carbocycles. The Morgan fingerprint density at radius 2 is 2.05 bits per heavy atom. The van der Waals surface area contributed by atoms with Gasteiger partial charge < -0.3 is 40.0 Å². The van der Waals surface area contributed by atoms with Gasteiger partial charge in [0.15, 0.2) is 23.7 Å². The van der Waals surface area contributed by atoms with Crippen LogP contribution >= 0.6 is 0 Å². The molecule has 39 heavy (non-hydrogen) atoms. The summed E-state index contributed by atoms with van der Waals surface area (Å²) in [5, 5.41) is 28.5. The van der Waals surface area contributed by atoms with E-state index in [1.807, 2.05) is 13.1 Å². The van der Waals surface area contributed by atoms with Crippen molar-refractivity contribution in [1.29, 1.82) is 0 Å². The van der Waals surface area contributed by atoms with Gasteiger partial charge >= 0.3 is 11.9 Å². The van der Waals surface area contributed by atoms with Crippen LogP contribution in [-0.2, 0) is 35.7 Å². The molecule has 2 saturated heterocycles. The maximum Gasteiger partial charge on any atom is 0.352 e. The van der Waals surface area contributed by atoms with E-state index >= 15 is 0 Å². The number of phenols is 1. The Bertz CT molecular complexity index is 1260. The summed E-state index contributed by atoms with van der Waals surface area (Å²) in [6.07, 6.45) is 2.61. The smallest absolute Gasteiger partial charge is 0.352 e. The second-order valence-electron chi connectivity index (χ2n) is 11.5. The number of aliphatic hydroxyl groups is 1. The van der Waals surface area contributed by atoms with Crippen molar-refractivity contribution < 1.29 is 38.8 Å². The van der Waals surface area contributed by atoms with Crippen molar-refractivity contribution in [3.63, 3.8) is 0 Å². The minimum Gasteiger partial charge on any atom is -0.504 e. The number of nitrogens with zero attached hydrogens (tertiary/aromatic N) is 1. The number of likely N-dealkylation sites (tertiary alicyclic amines) is 1. The second-order valence-corrected chi connectivity index (χ2v) is 11.5. The molecule has 5 aliphatic rings. The first kappa shape index (κ1) is 26.1. The van der Waals surface area contributed by atoms with Gasteiger partial charge in [0.25, 0.3) is 0 Å². The van der Waals surface area contributed by atoms with Gasteiger partial charge in [0, 0.05) is 18.0 Å². The first-order valence-corrected chi connectivity index (χ1v) is 13.7. The number of piperidine rings is 1. The summed E-state index contributed by atoms with van der Waals surface area (Å²) in [7, 11) is 2.00. The minimum atomic E-state index is -1.25. The molecule has 0 aromatic heterocycles. The van der Waals surface area contributed by atoms with Crippen molar-refractivity contribution in [2.24, 2.45) is 0 Å². The SMILES string of the molecule is C[C@H](NC(=O)[C@@H]1CCCN1)C(=O)O[C@@H](C)C(=O)OC1=CC[C@@]2(O)[C@H]3Cc4ccc(O)c5c4[C@@]2(CCN3C)[C@H]1O5. The van der Waals surface area contributed by atoms with Crippen LogP contribution in [0.25, 0.3) is 0 Å². The molecule has 2 fully saturated rings. The molecule has 3 aliphatic heterocycles. The number of phenolic OH excluding ortho intramolecular Hbond substituents is 1. The van der Waals surface area contributed by atoms with Gasteiger partial charge in [-0.05, 0) is 77.4 Å². The van der Waals surface area contributed by atoms with Crippen LogP contribution in [0.3, 0.4) is 0 Å². The van der Waals surface area contributed by atoms with Crippen LogP contribution in [0.1, 0.15) is 50.7 Å². The Kier molecular flexibility index (Phi) is 6.16. The normalized spacial score (nSPS) is 33.7. The lowest BCUT2D eigenvalue weighted by atomic mass is 9.50. The second kappa shape index (κ2) is 9.21. The molecule has 0 saturated carbocycles. The summed E-state index contributed by atoms with van der Waals surface area (Å²) in [6.45, 7) is 4.37. The van der Waals surface area contributed by atoms with E-state index in [9.17, 15) is 24.6 Å². The third kappa shape index (κ3) is 3.77. The van der Waals surface area contributed by atoms with Gasteiger partial charge in [-0.1, -0.05) is 6.07 Å². The van der Waals surface area contributed by atoms with E-state index < -0.39 is 41.2 Å². The largest absolute Gasteiger partial charge is 0.504 e. The summed E-state index contributed by atoms with van der Waals surface area (Å²) in [6, 6.07) is 2.03. The number of likely N-dealkylation sites (N-methyl/N-ethyl adjacent to an activating group) is 1. The van der Waals surface area contributed by atoms with E-state index in [2.05, 4.69) is 15.5 Å². The summed E-state index contributed by atoms with van der Waals surface area (Å²) in [5.41, 5.74) is -0.262. The fourth-order valence-corrected chi connectivity index (χ4v) is 7.24. The molecule has 210 valence electrons. The molecule has 11 heteroatoms. The monoisotopic (exact) mass is 541 g/mol. The molecule has 4 N–H and O–H groups in total. The number of ether oxygens (including phenoxy) is 3. The molecule has 3 heterocycles. The minimum absolute atomic E-state index is 0.0194. The van der Waals surface area contributed by atoms with Crippen molar-refractivity contribution >= 4 is 17.8 Å². The summed E-state index contributed by atoms with van der Waals surface area (Å²) in [4.78, 5) is 40.2. The third-order valence-electron chi connectivity index (χ3n) is 9.29. The van der Waals surface area contributed by atoms with Crippen LogP contribution in [0.5, 0.6) is 11.5 Å². The number of rotatable bonds is 6. The molecule has 1 aromatic rings. The topological polar surface area (TPSA) is 147 Å². The molecule has 11 nitrogen and oxygen atoms in total. The van der Waals surface area contributed by atoms with Crippen LogP contribution in [0.15, 0.2) is 24.0 Å². The lowest BCUT2D eigenvalue weighted by molar-refractivity contribution is -0.176. The predicted molar refractivity (Wildman–Crippen MR) is 137 cm³/mol. The Morgan fingerprint density at radius 1 is 1.26 bits per heavy atom. The number of nitrogens with one attached hydrogen (secondary N) is 2. The van der Waals surface area contributed by atoms with E-state index in [1.165, 1.54) is 13.8 Å². The van der Waals surface area contributed by atoms with Crippen molar-refractivity contribution in [2.75, 3.05) is 20.1 Å². The standard InChI is InChI=1S/C28H35N3O8/c1-14(30-24(33)17-5-4-11-29-17)25(34)37-15(2)26(35)38-19-8-9-28(36)20-13-16-6-7-18(32)22-21(16)27(28,23(19)39-22)10-12-31(20)3/h6-8,14-15,17,20,23,29,32,36H,4-5,9-13H2,1-3H3,(H,30,33)/t14-,15-,17-,20+,23-,27-,28+/m0/s1. The molecule has 1 spiro atoms. The fourth-order valence-electron chi connectivity index (χ4n) is 7.24. The maximum absolute atomic E-state index is 13.1. The number of aromatic hydroxyl groups is 1. The van der Waals surface area contributed by atoms with Crippen LogP contribution < -0.4 is 15.4 Å². The highest BCUT2D eigenvalue weighted by Gasteiger charge is 2.72. The first-order chi connectivity index (χ1) is 18.6. The molecular formula is C28H35N3O8. The molecule has 7 atom stereocenters. The van der Waals surface area contributed by atoms with Crippen molar-refractivity contribution in [2.45, 2.75) is 87.3 Å². The van der Waals surface area contributed by atoms with E-state index in [0.717, 1.165) is 24.1 Å². The highest BCUT2D eigenvalue weighted by molar-refractivity contribution is 5.88. The van der Waals surface area contributed by atoms with Crippen LogP contribution in [0.2, 0.25) is 0 Å². The number of hydrogen-bond donors (Lipinski definition) is 4. The number of carbonyl (C=O) groups excluding carboxylic acids is 3. The maximum atomic E-state index is 13.1. The highest BCUT2D eigenvalue weighted by Crippen LogP contribution is 2.65. The Hall–Kier alpha value is -3.15. The number of esters is 2. The number of benzene rings is 1. The van der Waals surface area contributed by atoms with Gasteiger partial charge in [-0.3, -0.25) is 4.79 Å². The van der Waals surface area contributed by atoms with Crippen LogP contribution in [0.4, 0.5) is 0 Å². The molecule has 0 radical (unpaired) electrons. The van der Waals surface area contributed by atoms with Gasteiger partial charge in [-0.25, -0.2) is 9.59 Å². The van der Waals surface area contributed by atoms with Crippen LogP contribution in [-0.4, -0.2) is 89.0 Å². The molecule has 2 bridgehead atoms. The average molecular weight is 542 g/mol. The summed E-state index contributed by atoms with van der Waals surface area (Å²) in [5.74, 6) is -1.29. The number of carbonyl (C=O) groups is 3. The van der Waals surface area contributed by atoms with Gasteiger partial charge in [0.05, 0.1) is 17.1 Å². The van der Waals surface area contributed by atoms with E-state index in [1.54, 1.807) is 12.1 Å². The van der Waals surface area contributed by atoms with E-state index in [0.29, 0.717) is 31.6 Å². The molecule has 1 amide bonds. The lowest BCUT2D eigenvalue weighted by Crippen LogP contribution is -2.74. The van der Waals surface area contributed by atoms with Crippen molar-refractivity contribution in [3.05, 3.63) is 35.1 Å². The Balaban J connectivity index is 1.19. The van der Waals surface area contributed by atoms with Crippen molar-refractivity contribution in [3.8, 4) is 11.5 Å². The van der Waals surface area contributed by atoms with Crippen molar-refractivity contribution in [1.82, 2.24) is 15.5 Å². The summed E-state index contributed by atoms with van der Waals surface area (Å²) < 4.78 is 17.4. The third-order valence-corrected chi connectivity index (χ3v) is 9.29. The lowest BCUT2D eigenvalue weighted by Gasteiger charge is -2.61. The number of amides is 1. The quantitative estimate of drug-likeness (QED) is 0.373. The first-order valence-electron chi connectivity index (χ1n) is 13.7. The zero-order valence-corrected chi connectivity index (χ0v) is 22.4. The molecule has 6 rings (SSSR count). The molecule has 1 aromatic carbocycles. The van der Waals surface area contributed by atoms with E-state index in [-0.39, 0.29) is 35.9 Å². The zero-order valence-electron chi connectivity index (χ0n) is 22.4. The Labute approximate surface area is 226 Å². The van der Waals surface area contributed by atoms with Gasteiger partial charge in [0.1, 0.15) is 11.8 Å². The zero-order chi connectivity index (χ0) is 27.7. The molecule has 0 unspecified atom stereocenters. The molecular weight excluding hydrogens is 506 g/mol. The van der Waals surface area contributed by atoms with E-state index in [4.69, 9.17) is 14.2 Å². The number of hydrogen-bond acceptors (Lipinski definition) is 10. The fraction of sp³-hybridized carbons (Fsp3) is 0.607. The van der Waals surface area contributed by atoms with Gasteiger partial charge in [0.2, 0.25) is 5.91 Å². The van der Waals surface area contributed by atoms with Gasteiger partial charge in [-0.15, -0.1) is 0 Å². The van der Waals surface area contributed by atoms with Gasteiger partial charge in [-0.2, -0.15) is 0 Å². The average Bonchev–Trinajstić information content (AvgIpc) is 3.56. The Morgan fingerprint density at radius 3 is 2.79 bits per heavy atom. The predicted octanol–water partition coefficient (Wildman–Crippen LogP) is 0.402. The van der Waals surface area contributed by atoms with Crippen LogP contribution in [0, 0.1) is 0 Å².